The molecule has 1 radical (unpaired) electrons. The predicted molar refractivity (Wildman–Crippen MR) is 102 cm³/mol. The molecule has 0 spiro atoms. The van der Waals surface area contributed by atoms with E-state index in [4.69, 9.17) is 4.74 Å². The molecule has 0 amide bonds. The smallest absolute Gasteiger partial charge is 0.0596 e. The van der Waals surface area contributed by atoms with Crippen molar-refractivity contribution < 1.29 is 4.74 Å². The van der Waals surface area contributed by atoms with Crippen LogP contribution in [-0.2, 0) is 17.8 Å². The van der Waals surface area contributed by atoms with Crippen LogP contribution in [-0.4, -0.2) is 13.2 Å². The van der Waals surface area contributed by atoms with Gasteiger partial charge < -0.3 is 9.64 Å². The van der Waals surface area contributed by atoms with E-state index in [2.05, 4.69) is 89.8 Å². The summed E-state index contributed by atoms with van der Waals surface area (Å²) in [6, 6.07) is 30.2. The Morgan fingerprint density at radius 1 is 0.640 bits per heavy atom. The fraction of sp³-hybridized carbons (Fsp3) is 0.174. The zero-order valence-electron chi connectivity index (χ0n) is 14.3. The number of ether oxygens (including phenoxy) is 1. The zero-order valence-corrected chi connectivity index (χ0v) is 14.3. The second-order valence-electron chi connectivity index (χ2n) is 6.47. The molecular weight excluding hydrogens is 306 g/mol. The lowest BCUT2D eigenvalue weighted by atomic mass is 9.97. The first-order valence-electron chi connectivity index (χ1n) is 8.74. The summed E-state index contributed by atoms with van der Waals surface area (Å²) < 4.78 is 5.28. The lowest BCUT2D eigenvalue weighted by molar-refractivity contribution is 0.0733. The molecule has 25 heavy (non-hydrogen) atoms. The Kier molecular flexibility index (Phi) is 4.80. The summed E-state index contributed by atoms with van der Waals surface area (Å²) in [5.74, 6) is 1.39. The highest BCUT2D eigenvalue weighted by atomic mass is 16.5. The van der Waals surface area contributed by atoms with Crippen LogP contribution in [0.4, 0.5) is 5.69 Å². The summed E-state index contributed by atoms with van der Waals surface area (Å²) in [5.41, 5.74) is 5.19. The minimum Gasteiger partial charge on any atom is -0.379 e. The van der Waals surface area contributed by atoms with Crippen molar-refractivity contribution in [3.05, 3.63) is 108 Å². The maximum absolute atomic E-state index is 5.28. The van der Waals surface area contributed by atoms with E-state index < -0.39 is 0 Å². The summed E-state index contributed by atoms with van der Waals surface area (Å²) in [6.07, 6.45) is 0. The molecular formula is C23H22NO. The molecule has 0 aromatic heterocycles. The molecule has 3 aromatic carbocycles. The molecule has 0 bridgehead atoms. The predicted octanol–water partition coefficient (Wildman–Crippen LogP) is 4.85. The highest BCUT2D eigenvalue weighted by Gasteiger charge is 2.21. The first kappa shape index (κ1) is 15.9. The topological polar surface area (TPSA) is 12.5 Å². The maximum Gasteiger partial charge on any atom is 0.0596 e. The zero-order chi connectivity index (χ0) is 16.9. The minimum absolute atomic E-state index is 0.775. The van der Waals surface area contributed by atoms with Crippen molar-refractivity contribution in [2.24, 2.45) is 0 Å². The summed E-state index contributed by atoms with van der Waals surface area (Å²) in [5, 5.41) is 0. The molecule has 0 aliphatic carbocycles. The van der Waals surface area contributed by atoms with Crippen molar-refractivity contribution in [3.8, 4) is 0 Å². The van der Waals surface area contributed by atoms with Crippen molar-refractivity contribution in [2.45, 2.75) is 13.1 Å². The number of hydrogen-bond acceptors (Lipinski definition) is 2. The van der Waals surface area contributed by atoms with E-state index >= 15 is 0 Å². The van der Waals surface area contributed by atoms with Crippen LogP contribution in [0.5, 0.6) is 0 Å². The highest BCUT2D eigenvalue weighted by molar-refractivity contribution is 5.51. The van der Waals surface area contributed by atoms with Crippen molar-refractivity contribution in [1.29, 1.82) is 0 Å². The van der Waals surface area contributed by atoms with Gasteiger partial charge in [0.2, 0.25) is 0 Å². The SMILES string of the molecule is c1ccc(CN(Cc2ccccc2)c2ccc([C]3COC3)cc2)cc1. The van der Waals surface area contributed by atoms with Crippen molar-refractivity contribution in [2.75, 3.05) is 18.1 Å². The largest absolute Gasteiger partial charge is 0.379 e. The fourth-order valence-corrected chi connectivity index (χ4v) is 3.12. The van der Waals surface area contributed by atoms with Gasteiger partial charge >= 0.3 is 0 Å². The van der Waals surface area contributed by atoms with Gasteiger partial charge in [0.05, 0.1) is 19.1 Å². The van der Waals surface area contributed by atoms with E-state index in [1.807, 2.05) is 0 Å². The van der Waals surface area contributed by atoms with Gasteiger partial charge in [0.1, 0.15) is 0 Å². The van der Waals surface area contributed by atoms with Crippen molar-refractivity contribution in [1.82, 2.24) is 0 Å². The van der Waals surface area contributed by atoms with Crippen LogP contribution in [0.3, 0.4) is 0 Å². The van der Waals surface area contributed by atoms with E-state index in [0.717, 1.165) is 26.3 Å². The van der Waals surface area contributed by atoms with Gasteiger partial charge in [0.15, 0.2) is 0 Å². The lowest BCUT2D eigenvalue weighted by Crippen LogP contribution is -2.26. The molecule has 4 rings (SSSR count). The number of benzene rings is 3. The van der Waals surface area contributed by atoms with E-state index in [-0.39, 0.29) is 0 Å². The second kappa shape index (κ2) is 7.54. The third kappa shape index (κ3) is 3.92. The highest BCUT2D eigenvalue weighted by Crippen LogP contribution is 2.26. The molecule has 1 aliphatic rings. The van der Waals surface area contributed by atoms with Crippen molar-refractivity contribution >= 4 is 5.69 Å². The average molecular weight is 328 g/mol. The van der Waals surface area contributed by atoms with Crippen LogP contribution >= 0.6 is 0 Å². The third-order valence-electron chi connectivity index (χ3n) is 4.63. The van der Waals surface area contributed by atoms with E-state index in [1.165, 1.54) is 28.3 Å². The standard InChI is InChI=1S/C23H22NO/c1-3-7-19(8-4-1)15-24(16-20-9-5-2-6-10-20)23-13-11-21(12-14-23)22-17-25-18-22/h1-14H,15-18H2. The van der Waals surface area contributed by atoms with Gasteiger partial charge in [-0.25, -0.2) is 0 Å². The molecule has 2 heteroatoms. The first-order valence-corrected chi connectivity index (χ1v) is 8.74. The Balaban J connectivity index is 1.57. The third-order valence-corrected chi connectivity index (χ3v) is 4.63. The Bertz CT molecular complexity index is 738. The summed E-state index contributed by atoms with van der Waals surface area (Å²) in [4.78, 5) is 2.43. The Morgan fingerprint density at radius 3 is 1.60 bits per heavy atom. The van der Waals surface area contributed by atoms with Gasteiger partial charge in [-0.05, 0) is 28.8 Å². The monoisotopic (exact) mass is 328 g/mol. The van der Waals surface area contributed by atoms with Gasteiger partial charge in [-0.3, -0.25) is 0 Å². The Morgan fingerprint density at radius 2 is 1.16 bits per heavy atom. The summed E-state index contributed by atoms with van der Waals surface area (Å²) >= 11 is 0. The Labute approximate surface area is 149 Å². The van der Waals surface area contributed by atoms with E-state index in [1.54, 1.807) is 0 Å². The molecule has 0 atom stereocenters. The number of anilines is 1. The van der Waals surface area contributed by atoms with Crippen LogP contribution in [0.25, 0.3) is 0 Å². The van der Waals surface area contributed by atoms with Crippen LogP contribution in [0, 0.1) is 5.92 Å². The molecule has 0 unspecified atom stereocenters. The van der Waals surface area contributed by atoms with E-state index in [0.29, 0.717) is 0 Å². The minimum atomic E-state index is 0.775. The number of hydrogen-bond donors (Lipinski definition) is 0. The van der Waals surface area contributed by atoms with Gasteiger partial charge in [-0.15, -0.1) is 0 Å². The molecule has 0 N–H and O–H groups in total. The second-order valence-corrected chi connectivity index (χ2v) is 6.47. The summed E-state index contributed by atoms with van der Waals surface area (Å²) in [6.45, 7) is 3.34. The maximum atomic E-state index is 5.28. The van der Waals surface area contributed by atoms with E-state index in [9.17, 15) is 0 Å². The molecule has 1 saturated heterocycles. The van der Waals surface area contributed by atoms with Gasteiger partial charge in [0, 0.05) is 18.8 Å². The molecule has 2 nitrogen and oxygen atoms in total. The van der Waals surface area contributed by atoms with Crippen LogP contribution in [0.2, 0.25) is 0 Å². The van der Waals surface area contributed by atoms with Crippen LogP contribution in [0.15, 0.2) is 84.9 Å². The van der Waals surface area contributed by atoms with Crippen LogP contribution in [0.1, 0.15) is 16.7 Å². The quantitative estimate of drug-likeness (QED) is 0.641. The molecule has 0 saturated carbocycles. The van der Waals surface area contributed by atoms with Gasteiger partial charge in [0.25, 0.3) is 0 Å². The van der Waals surface area contributed by atoms with Crippen molar-refractivity contribution in [3.63, 3.8) is 0 Å². The van der Waals surface area contributed by atoms with Gasteiger partial charge in [-0.2, -0.15) is 0 Å². The number of nitrogens with zero attached hydrogens (tertiary/aromatic N) is 1. The molecule has 1 heterocycles. The molecule has 1 fully saturated rings. The van der Waals surface area contributed by atoms with Gasteiger partial charge in [-0.1, -0.05) is 72.8 Å². The number of rotatable bonds is 6. The average Bonchev–Trinajstić information content (AvgIpc) is 2.62. The van der Waals surface area contributed by atoms with Crippen LogP contribution < -0.4 is 4.90 Å². The Hall–Kier alpha value is -2.58. The molecule has 1 aliphatic heterocycles. The fourth-order valence-electron chi connectivity index (χ4n) is 3.12. The lowest BCUT2D eigenvalue weighted by Gasteiger charge is -2.28. The summed E-state index contributed by atoms with van der Waals surface area (Å²) in [7, 11) is 0. The normalized spacial score (nSPS) is 14.1. The first-order chi connectivity index (χ1) is 12.4. The molecule has 3 aromatic rings. The molecule has 125 valence electrons.